The number of benzene rings is 2. The quantitative estimate of drug-likeness (QED) is 0.537. The van der Waals surface area contributed by atoms with Crippen molar-refractivity contribution in [2.75, 3.05) is 0 Å². The standard InChI is InChI=1S/C15H9Cl3O/c16-12-5-3-11(4-6-12)15(19)8-2-10-1-7-13(17)14(18)9-10/h1-9H. The van der Waals surface area contributed by atoms with Crippen LogP contribution < -0.4 is 0 Å². The lowest BCUT2D eigenvalue weighted by Crippen LogP contribution is -1.93. The number of carbonyl (C=O) groups excluding carboxylic acids is 1. The largest absolute Gasteiger partial charge is 0.289 e. The van der Waals surface area contributed by atoms with Crippen molar-refractivity contribution in [3.05, 3.63) is 74.7 Å². The highest BCUT2D eigenvalue weighted by Gasteiger charge is 2.02. The molecule has 0 aliphatic rings. The summed E-state index contributed by atoms with van der Waals surface area (Å²) in [6.45, 7) is 0. The Morgan fingerprint density at radius 1 is 0.895 bits per heavy atom. The number of ketones is 1. The van der Waals surface area contributed by atoms with Gasteiger partial charge < -0.3 is 0 Å². The van der Waals surface area contributed by atoms with Gasteiger partial charge in [0.15, 0.2) is 5.78 Å². The van der Waals surface area contributed by atoms with Crippen LogP contribution >= 0.6 is 34.8 Å². The molecule has 4 heteroatoms. The molecule has 0 bridgehead atoms. The van der Waals surface area contributed by atoms with Crippen LogP contribution in [0, 0.1) is 0 Å². The summed E-state index contributed by atoms with van der Waals surface area (Å²) in [4.78, 5) is 11.9. The van der Waals surface area contributed by atoms with Gasteiger partial charge >= 0.3 is 0 Å². The Morgan fingerprint density at radius 2 is 1.58 bits per heavy atom. The molecule has 0 saturated heterocycles. The fraction of sp³-hybridized carbons (Fsp3) is 0. The van der Waals surface area contributed by atoms with Crippen molar-refractivity contribution in [2.24, 2.45) is 0 Å². The molecule has 0 heterocycles. The molecule has 0 atom stereocenters. The monoisotopic (exact) mass is 310 g/mol. The maximum Gasteiger partial charge on any atom is 0.185 e. The minimum Gasteiger partial charge on any atom is -0.289 e. The molecular weight excluding hydrogens is 303 g/mol. The molecule has 96 valence electrons. The van der Waals surface area contributed by atoms with Crippen molar-refractivity contribution in [2.45, 2.75) is 0 Å². The van der Waals surface area contributed by atoms with Gasteiger partial charge in [0.1, 0.15) is 0 Å². The number of halogens is 3. The molecule has 2 aromatic carbocycles. The van der Waals surface area contributed by atoms with Crippen molar-refractivity contribution < 1.29 is 4.79 Å². The van der Waals surface area contributed by atoms with E-state index >= 15 is 0 Å². The molecule has 0 saturated carbocycles. The highest BCUT2D eigenvalue weighted by atomic mass is 35.5. The summed E-state index contributed by atoms with van der Waals surface area (Å²) in [6.07, 6.45) is 3.18. The topological polar surface area (TPSA) is 17.1 Å². The number of hydrogen-bond donors (Lipinski definition) is 0. The first-order chi connectivity index (χ1) is 9.06. The van der Waals surface area contributed by atoms with Crippen LogP contribution in [-0.4, -0.2) is 5.78 Å². The Hall–Kier alpha value is -1.28. The van der Waals surface area contributed by atoms with Crippen molar-refractivity contribution in [3.8, 4) is 0 Å². The first kappa shape index (κ1) is 14.1. The van der Waals surface area contributed by atoms with Crippen LogP contribution in [0.25, 0.3) is 6.08 Å². The second kappa shape index (κ2) is 6.25. The number of carbonyl (C=O) groups is 1. The van der Waals surface area contributed by atoms with Gasteiger partial charge in [0.2, 0.25) is 0 Å². The van der Waals surface area contributed by atoms with E-state index in [2.05, 4.69) is 0 Å². The number of hydrogen-bond acceptors (Lipinski definition) is 1. The van der Waals surface area contributed by atoms with Gasteiger partial charge in [-0.15, -0.1) is 0 Å². The molecule has 1 nitrogen and oxygen atoms in total. The van der Waals surface area contributed by atoms with Gasteiger partial charge in [-0.25, -0.2) is 0 Å². The van der Waals surface area contributed by atoms with Crippen LogP contribution in [0.15, 0.2) is 48.5 Å². The van der Waals surface area contributed by atoms with Gasteiger partial charge in [0, 0.05) is 10.6 Å². The lowest BCUT2D eigenvalue weighted by molar-refractivity contribution is 0.104. The van der Waals surface area contributed by atoms with Gasteiger partial charge in [-0.2, -0.15) is 0 Å². The second-order valence-corrected chi connectivity index (χ2v) is 5.13. The Kier molecular flexibility index (Phi) is 4.65. The number of rotatable bonds is 3. The van der Waals surface area contributed by atoms with E-state index in [1.807, 2.05) is 0 Å². The maximum absolute atomic E-state index is 11.9. The van der Waals surface area contributed by atoms with Crippen LogP contribution in [0.1, 0.15) is 15.9 Å². The van der Waals surface area contributed by atoms with Gasteiger partial charge in [0.05, 0.1) is 10.0 Å². The molecule has 0 spiro atoms. The summed E-state index contributed by atoms with van der Waals surface area (Å²) in [5.74, 6) is -0.0947. The molecule has 2 aromatic rings. The first-order valence-electron chi connectivity index (χ1n) is 5.49. The van der Waals surface area contributed by atoms with Gasteiger partial charge in [-0.1, -0.05) is 46.9 Å². The zero-order valence-corrected chi connectivity index (χ0v) is 12.0. The fourth-order valence-electron chi connectivity index (χ4n) is 1.50. The Balaban J connectivity index is 2.15. The average molecular weight is 312 g/mol. The van der Waals surface area contributed by atoms with E-state index in [1.165, 1.54) is 6.08 Å². The summed E-state index contributed by atoms with van der Waals surface area (Å²) in [5.41, 5.74) is 1.40. The van der Waals surface area contributed by atoms with E-state index in [0.29, 0.717) is 20.6 Å². The molecule has 0 radical (unpaired) electrons. The minimum absolute atomic E-state index is 0.0947. The predicted molar refractivity (Wildman–Crippen MR) is 81.3 cm³/mol. The zero-order valence-electron chi connectivity index (χ0n) is 9.74. The predicted octanol–water partition coefficient (Wildman–Crippen LogP) is 5.54. The van der Waals surface area contributed by atoms with E-state index in [9.17, 15) is 4.79 Å². The lowest BCUT2D eigenvalue weighted by Gasteiger charge is -1.98. The molecule has 2 rings (SSSR count). The number of allylic oxidation sites excluding steroid dienone is 1. The second-order valence-electron chi connectivity index (χ2n) is 3.88. The Labute approximate surface area is 126 Å². The summed E-state index contributed by atoms with van der Waals surface area (Å²) < 4.78 is 0. The molecule has 0 aliphatic heterocycles. The smallest absolute Gasteiger partial charge is 0.185 e. The minimum atomic E-state index is -0.0947. The molecule has 0 unspecified atom stereocenters. The zero-order chi connectivity index (χ0) is 13.8. The van der Waals surface area contributed by atoms with E-state index < -0.39 is 0 Å². The van der Waals surface area contributed by atoms with Gasteiger partial charge in [-0.05, 0) is 48.0 Å². The highest BCUT2D eigenvalue weighted by molar-refractivity contribution is 6.42. The third kappa shape index (κ3) is 3.84. The van der Waals surface area contributed by atoms with Crippen LogP contribution in [0.4, 0.5) is 0 Å². The van der Waals surface area contributed by atoms with Crippen molar-refractivity contribution >= 4 is 46.7 Å². The van der Waals surface area contributed by atoms with Crippen LogP contribution in [-0.2, 0) is 0 Å². The van der Waals surface area contributed by atoms with Gasteiger partial charge in [-0.3, -0.25) is 4.79 Å². The Bertz CT molecular complexity index is 630. The summed E-state index contributed by atoms with van der Waals surface area (Å²) >= 11 is 17.5. The third-order valence-corrected chi connectivity index (χ3v) is 3.49. The van der Waals surface area contributed by atoms with E-state index in [-0.39, 0.29) is 5.78 Å². The Morgan fingerprint density at radius 3 is 2.21 bits per heavy atom. The van der Waals surface area contributed by atoms with Crippen LogP contribution in [0.2, 0.25) is 15.1 Å². The van der Waals surface area contributed by atoms with Crippen LogP contribution in [0.3, 0.4) is 0 Å². The van der Waals surface area contributed by atoms with Crippen molar-refractivity contribution in [3.63, 3.8) is 0 Å². The van der Waals surface area contributed by atoms with Crippen LogP contribution in [0.5, 0.6) is 0 Å². The maximum atomic E-state index is 11.9. The SMILES string of the molecule is O=C(C=Cc1ccc(Cl)c(Cl)c1)c1ccc(Cl)cc1. The van der Waals surface area contributed by atoms with Gasteiger partial charge in [0.25, 0.3) is 0 Å². The van der Waals surface area contributed by atoms with Crippen molar-refractivity contribution in [1.29, 1.82) is 0 Å². The van der Waals surface area contributed by atoms with E-state index in [1.54, 1.807) is 48.5 Å². The normalized spacial score (nSPS) is 10.9. The first-order valence-corrected chi connectivity index (χ1v) is 6.63. The third-order valence-electron chi connectivity index (χ3n) is 2.50. The molecule has 0 amide bonds. The summed E-state index contributed by atoms with van der Waals surface area (Å²) in [7, 11) is 0. The highest BCUT2D eigenvalue weighted by Crippen LogP contribution is 2.23. The summed E-state index contributed by atoms with van der Waals surface area (Å²) in [6, 6.07) is 11.9. The molecule has 0 fully saturated rings. The molecule has 0 aliphatic carbocycles. The van der Waals surface area contributed by atoms with E-state index in [0.717, 1.165) is 5.56 Å². The molecular formula is C15H9Cl3O. The molecule has 19 heavy (non-hydrogen) atoms. The summed E-state index contributed by atoms with van der Waals surface area (Å²) in [5, 5.41) is 1.55. The molecule has 0 aromatic heterocycles. The fourth-order valence-corrected chi connectivity index (χ4v) is 1.93. The average Bonchev–Trinajstić information content (AvgIpc) is 2.40. The molecule has 0 N–H and O–H groups in total. The van der Waals surface area contributed by atoms with E-state index in [4.69, 9.17) is 34.8 Å². The lowest BCUT2D eigenvalue weighted by atomic mass is 10.1. The van der Waals surface area contributed by atoms with Crippen molar-refractivity contribution in [1.82, 2.24) is 0 Å².